The van der Waals surface area contributed by atoms with Crippen LogP contribution < -0.4 is 5.32 Å². The smallest absolute Gasteiger partial charge is 0.0688 e. The number of nitrogens with zero attached hydrogens (tertiary/aromatic N) is 1. The molecular weight excluding hydrogens is 252 g/mol. The van der Waals surface area contributed by atoms with Crippen LogP contribution in [0.25, 0.3) is 0 Å². The second-order valence-corrected chi connectivity index (χ2v) is 5.75. The molecule has 1 aliphatic carbocycles. The van der Waals surface area contributed by atoms with Gasteiger partial charge in [-0.15, -0.1) is 11.8 Å². The molecule has 1 unspecified atom stereocenters. The molecule has 1 aromatic heterocycles. The zero-order valence-electron chi connectivity index (χ0n) is 11.1. The third-order valence-corrected chi connectivity index (χ3v) is 4.33. The molecule has 2 nitrogen and oxygen atoms in total. The van der Waals surface area contributed by atoms with Gasteiger partial charge in [0.2, 0.25) is 0 Å². The zero-order chi connectivity index (χ0) is 13.1. The number of benzene rings is 1. The summed E-state index contributed by atoms with van der Waals surface area (Å²) in [7, 11) is 0. The summed E-state index contributed by atoms with van der Waals surface area (Å²) in [5.74, 6) is 0. The van der Waals surface area contributed by atoms with Gasteiger partial charge in [-0.3, -0.25) is 4.98 Å². The molecule has 3 heteroatoms. The van der Waals surface area contributed by atoms with Gasteiger partial charge < -0.3 is 5.32 Å². The van der Waals surface area contributed by atoms with E-state index >= 15 is 0 Å². The molecule has 0 radical (unpaired) electrons. The molecule has 0 spiro atoms. The Kier molecular flexibility index (Phi) is 3.74. The van der Waals surface area contributed by atoms with Crippen LogP contribution in [0.2, 0.25) is 0 Å². The van der Waals surface area contributed by atoms with Crippen LogP contribution in [0.15, 0.2) is 47.5 Å². The van der Waals surface area contributed by atoms with Crippen LogP contribution in [-0.2, 0) is 6.42 Å². The number of hydrogen-bond donors (Lipinski definition) is 1. The first kappa shape index (κ1) is 12.5. The summed E-state index contributed by atoms with van der Waals surface area (Å²) in [5, 5.41) is 3.64. The van der Waals surface area contributed by atoms with E-state index < -0.39 is 0 Å². The van der Waals surface area contributed by atoms with Crippen LogP contribution in [0.3, 0.4) is 0 Å². The van der Waals surface area contributed by atoms with Gasteiger partial charge in [-0.05, 0) is 55.3 Å². The van der Waals surface area contributed by atoms with E-state index in [0.717, 1.165) is 12.8 Å². The average Bonchev–Trinajstić information content (AvgIpc) is 2.48. The van der Waals surface area contributed by atoms with Gasteiger partial charge in [0.05, 0.1) is 11.7 Å². The molecule has 2 aromatic rings. The highest BCUT2D eigenvalue weighted by atomic mass is 32.2. The number of aryl methyl sites for hydroxylation is 1. The fourth-order valence-corrected chi connectivity index (χ4v) is 3.12. The summed E-state index contributed by atoms with van der Waals surface area (Å²) in [6.07, 6.45) is 7.56. The van der Waals surface area contributed by atoms with E-state index in [1.165, 1.54) is 28.3 Å². The van der Waals surface area contributed by atoms with Crippen molar-refractivity contribution in [2.75, 3.05) is 11.6 Å². The fourth-order valence-electron chi connectivity index (χ4n) is 2.66. The zero-order valence-corrected chi connectivity index (χ0v) is 11.9. The topological polar surface area (TPSA) is 24.9 Å². The monoisotopic (exact) mass is 270 g/mol. The minimum absolute atomic E-state index is 0.349. The SMILES string of the molecule is CSc1cccc(NC2CCCc3cccnc32)c1. The van der Waals surface area contributed by atoms with Crippen molar-refractivity contribution in [2.24, 2.45) is 0 Å². The summed E-state index contributed by atoms with van der Waals surface area (Å²) in [4.78, 5) is 5.87. The second-order valence-electron chi connectivity index (χ2n) is 4.87. The Hall–Kier alpha value is -1.48. The third kappa shape index (κ3) is 2.76. The van der Waals surface area contributed by atoms with E-state index in [9.17, 15) is 0 Å². The molecule has 3 rings (SSSR count). The Labute approximate surface area is 118 Å². The number of pyridine rings is 1. The molecule has 0 amide bonds. The van der Waals surface area contributed by atoms with Crippen molar-refractivity contribution in [3.8, 4) is 0 Å². The van der Waals surface area contributed by atoms with Gasteiger partial charge in [0.25, 0.3) is 0 Å². The first-order chi connectivity index (χ1) is 9.36. The third-order valence-electron chi connectivity index (χ3n) is 3.61. The van der Waals surface area contributed by atoms with Gasteiger partial charge in [-0.25, -0.2) is 0 Å². The van der Waals surface area contributed by atoms with E-state index in [1.807, 2.05) is 12.3 Å². The molecule has 1 N–H and O–H groups in total. The largest absolute Gasteiger partial charge is 0.377 e. The van der Waals surface area contributed by atoms with Crippen LogP contribution in [0.1, 0.15) is 30.1 Å². The standard InChI is InChI=1S/C16H18N2S/c1-19-14-8-3-7-13(11-14)18-15-9-2-5-12-6-4-10-17-16(12)15/h3-4,6-8,10-11,15,18H,2,5,9H2,1H3. The highest BCUT2D eigenvalue weighted by molar-refractivity contribution is 7.98. The molecule has 1 heterocycles. The lowest BCUT2D eigenvalue weighted by atomic mass is 9.92. The van der Waals surface area contributed by atoms with Crippen LogP contribution in [0, 0.1) is 0 Å². The predicted octanol–water partition coefficient (Wildman–Crippen LogP) is 4.29. The molecule has 0 fully saturated rings. The van der Waals surface area contributed by atoms with E-state index in [0.29, 0.717) is 6.04 Å². The molecule has 0 saturated carbocycles. The van der Waals surface area contributed by atoms with Gasteiger partial charge in [0, 0.05) is 16.8 Å². The van der Waals surface area contributed by atoms with Gasteiger partial charge in [0.15, 0.2) is 0 Å². The van der Waals surface area contributed by atoms with Gasteiger partial charge >= 0.3 is 0 Å². The van der Waals surface area contributed by atoms with E-state index in [1.54, 1.807) is 11.8 Å². The molecule has 98 valence electrons. The first-order valence-electron chi connectivity index (χ1n) is 6.71. The minimum Gasteiger partial charge on any atom is -0.377 e. The maximum atomic E-state index is 4.57. The van der Waals surface area contributed by atoms with Crippen molar-refractivity contribution >= 4 is 17.4 Å². The lowest BCUT2D eigenvalue weighted by Gasteiger charge is -2.26. The molecule has 19 heavy (non-hydrogen) atoms. The van der Waals surface area contributed by atoms with Gasteiger partial charge in [-0.2, -0.15) is 0 Å². The lowest BCUT2D eigenvalue weighted by Crippen LogP contribution is -2.18. The van der Waals surface area contributed by atoms with Crippen molar-refractivity contribution in [2.45, 2.75) is 30.2 Å². The van der Waals surface area contributed by atoms with E-state index in [2.05, 4.69) is 46.9 Å². The molecule has 0 aliphatic heterocycles. The van der Waals surface area contributed by atoms with Gasteiger partial charge in [-0.1, -0.05) is 12.1 Å². The number of fused-ring (bicyclic) bond motifs is 1. The molecular formula is C16H18N2S. The van der Waals surface area contributed by atoms with Crippen LogP contribution in [0.4, 0.5) is 5.69 Å². The summed E-state index contributed by atoms with van der Waals surface area (Å²) >= 11 is 1.77. The number of rotatable bonds is 3. The quantitative estimate of drug-likeness (QED) is 0.842. The normalized spacial score (nSPS) is 17.8. The summed E-state index contributed by atoms with van der Waals surface area (Å²) in [6.45, 7) is 0. The molecule has 1 aromatic carbocycles. The van der Waals surface area contributed by atoms with E-state index in [-0.39, 0.29) is 0 Å². The Bertz CT molecular complexity index is 568. The second kappa shape index (κ2) is 5.66. The number of nitrogens with one attached hydrogen (secondary N) is 1. The maximum Gasteiger partial charge on any atom is 0.0688 e. The average molecular weight is 270 g/mol. The van der Waals surface area contributed by atoms with Crippen molar-refractivity contribution in [1.82, 2.24) is 4.98 Å². The molecule has 0 bridgehead atoms. The number of thioether (sulfide) groups is 1. The van der Waals surface area contributed by atoms with Crippen molar-refractivity contribution in [3.05, 3.63) is 53.9 Å². The van der Waals surface area contributed by atoms with Crippen molar-refractivity contribution in [1.29, 1.82) is 0 Å². The van der Waals surface area contributed by atoms with Crippen LogP contribution in [0.5, 0.6) is 0 Å². The highest BCUT2D eigenvalue weighted by Gasteiger charge is 2.20. The van der Waals surface area contributed by atoms with Crippen LogP contribution >= 0.6 is 11.8 Å². The van der Waals surface area contributed by atoms with E-state index in [4.69, 9.17) is 0 Å². The summed E-state index contributed by atoms with van der Waals surface area (Å²) < 4.78 is 0. The predicted molar refractivity (Wildman–Crippen MR) is 81.8 cm³/mol. The Morgan fingerprint density at radius 2 is 2.21 bits per heavy atom. The Balaban J connectivity index is 1.84. The fraction of sp³-hybridized carbons (Fsp3) is 0.312. The molecule has 0 saturated heterocycles. The molecule has 1 atom stereocenters. The Morgan fingerprint density at radius 3 is 3.11 bits per heavy atom. The summed E-state index contributed by atoms with van der Waals surface area (Å²) in [5.41, 5.74) is 3.81. The minimum atomic E-state index is 0.349. The van der Waals surface area contributed by atoms with Crippen molar-refractivity contribution < 1.29 is 0 Å². The first-order valence-corrected chi connectivity index (χ1v) is 7.93. The Morgan fingerprint density at radius 1 is 1.26 bits per heavy atom. The number of anilines is 1. The highest BCUT2D eigenvalue weighted by Crippen LogP contribution is 2.31. The summed E-state index contributed by atoms with van der Waals surface area (Å²) in [6, 6.07) is 13.2. The molecule has 1 aliphatic rings. The number of hydrogen-bond acceptors (Lipinski definition) is 3. The van der Waals surface area contributed by atoms with Crippen molar-refractivity contribution in [3.63, 3.8) is 0 Å². The van der Waals surface area contributed by atoms with Crippen LogP contribution in [-0.4, -0.2) is 11.2 Å². The van der Waals surface area contributed by atoms with Gasteiger partial charge in [0.1, 0.15) is 0 Å². The lowest BCUT2D eigenvalue weighted by molar-refractivity contribution is 0.583. The maximum absolute atomic E-state index is 4.57. The number of aromatic nitrogens is 1.